The van der Waals surface area contributed by atoms with E-state index in [2.05, 4.69) is 369 Å². The van der Waals surface area contributed by atoms with E-state index in [-0.39, 0.29) is 182 Å². The van der Waals surface area contributed by atoms with Crippen molar-refractivity contribution in [3.63, 3.8) is 0 Å². The average molecular weight is 2900 g/mol. The second-order valence-corrected chi connectivity index (χ2v) is 50.5. The molecule has 6 aliphatic carbocycles. The molecule has 130 heavy (non-hydrogen) atoms. The molecule has 0 heterocycles. The minimum absolute atomic E-state index is 0. The third-order valence-electron chi connectivity index (χ3n) is 23.3. The minimum atomic E-state index is -0.344. The quantitative estimate of drug-likeness (QED) is 0.0524. The number of rotatable bonds is 11. The van der Waals surface area contributed by atoms with Crippen LogP contribution in [0.2, 0.25) is 0 Å². The molecular formula is C118H112Au6P6+6. The van der Waals surface area contributed by atoms with E-state index in [1.165, 1.54) is 170 Å². The molecule has 0 N–H and O–H groups in total. The predicted octanol–water partition coefficient (Wildman–Crippen LogP) is 26.4. The molecule has 2 atom stereocenters. The second kappa shape index (κ2) is 57.4. The maximum atomic E-state index is 7.14. The Morgan fingerprint density at radius 1 is 0.177 bits per heavy atom. The summed E-state index contributed by atoms with van der Waals surface area (Å²) < 4.78 is 0. The van der Waals surface area contributed by atoms with E-state index < -0.39 is 0 Å². The van der Waals surface area contributed by atoms with Crippen molar-refractivity contribution < 1.29 is 134 Å². The van der Waals surface area contributed by atoms with Gasteiger partial charge in [0.15, 0.2) is 0 Å². The monoisotopic (exact) mass is 2900 g/mol. The Bertz CT molecular complexity index is 5690. The van der Waals surface area contributed by atoms with Crippen LogP contribution in [-0.2, 0) is 173 Å². The summed E-state index contributed by atoms with van der Waals surface area (Å²) in [6, 6.07) is 110. The van der Waals surface area contributed by atoms with Gasteiger partial charge in [-0.2, -0.15) is 0 Å². The predicted molar refractivity (Wildman–Crippen MR) is 556 cm³/mol. The van der Waals surface area contributed by atoms with E-state index in [1.54, 1.807) is 10.6 Å². The zero-order valence-corrected chi connectivity index (χ0v) is 94.3. The third-order valence-corrected chi connectivity index (χ3v) is 34.4. The van der Waals surface area contributed by atoms with Gasteiger partial charge in [-0.1, -0.05) is 241 Å². The topological polar surface area (TPSA) is 0 Å². The van der Waals surface area contributed by atoms with Crippen molar-refractivity contribution >= 4 is 58.1 Å². The van der Waals surface area contributed by atoms with Gasteiger partial charge >= 0.3 is 134 Å². The minimum Gasteiger partial charge on any atom is -0.366 e. The molecule has 0 spiro atoms. The van der Waals surface area contributed by atoms with Crippen LogP contribution in [0.25, 0.3) is 66.8 Å². The van der Waals surface area contributed by atoms with Crippen molar-refractivity contribution in [3.05, 3.63) is 454 Å². The molecule has 2 unspecified atom stereocenters. The molecule has 14 aromatic rings. The number of benzene rings is 14. The molecule has 14 aromatic carbocycles. The van der Waals surface area contributed by atoms with E-state index in [1.807, 2.05) is 48.5 Å². The largest absolute Gasteiger partial charge is 1.00 e. The molecule has 6 aliphatic rings. The van der Waals surface area contributed by atoms with Gasteiger partial charge in [0, 0.05) is 69.2 Å². The zero-order valence-electron chi connectivity index (χ0n) is 75.3. The maximum absolute atomic E-state index is 7.14. The molecule has 0 aliphatic heterocycles. The molecule has 0 aromatic heterocycles. The van der Waals surface area contributed by atoms with Gasteiger partial charge in [0.05, 0.1) is 60.9 Å². The van der Waals surface area contributed by atoms with Gasteiger partial charge in [-0.3, -0.25) is 35.5 Å². The molecule has 0 radical (unpaired) electrons. The number of hydrogen-bond donors (Lipinski definition) is 0. The van der Waals surface area contributed by atoms with Crippen molar-refractivity contribution in [2.45, 2.75) is 38.5 Å². The Morgan fingerprint density at radius 3 is 0.562 bits per heavy atom. The molecule has 12 heteroatoms. The fraction of sp³-hybridized carbons (Fsp3) is 0.186. The summed E-state index contributed by atoms with van der Waals surface area (Å²) in [6.07, 6.45) is 57.7. The number of fused-ring (bicyclic) bond motifs is 18. The Morgan fingerprint density at radius 2 is 0.346 bits per heavy atom. The maximum Gasteiger partial charge on any atom is 1.00 e. The smallest absolute Gasteiger partial charge is 0.366 e. The Kier molecular flexibility index (Phi) is 49.5. The first-order chi connectivity index (χ1) is 60.3. The van der Waals surface area contributed by atoms with Crippen LogP contribution in [0.1, 0.15) is 100 Å². The Balaban J connectivity index is 0.000000226. The van der Waals surface area contributed by atoms with Crippen LogP contribution in [0.3, 0.4) is 0 Å². The number of hydrogen-bond acceptors (Lipinski definition) is 0. The molecule has 0 saturated heterocycles. The van der Waals surface area contributed by atoms with Crippen LogP contribution in [0.5, 0.6) is 0 Å². The second-order valence-electron chi connectivity index (χ2n) is 33.6. The van der Waals surface area contributed by atoms with Crippen molar-refractivity contribution in [1.82, 2.24) is 0 Å². The fourth-order valence-electron chi connectivity index (χ4n) is 16.4. The Hall–Kier alpha value is -6.54. The molecule has 20 rings (SSSR count). The normalized spacial score (nSPS) is 11.4. The van der Waals surface area contributed by atoms with Crippen LogP contribution in [0.4, 0.5) is 0 Å². The van der Waals surface area contributed by atoms with Crippen molar-refractivity contribution in [2.24, 2.45) is 0 Å². The zero-order chi connectivity index (χ0) is 87.4. The summed E-state index contributed by atoms with van der Waals surface area (Å²) in [7, 11) is -0.305. The van der Waals surface area contributed by atoms with E-state index in [0.717, 1.165) is 71.9 Å². The van der Waals surface area contributed by atoms with Crippen LogP contribution < -0.4 is 10.6 Å². The van der Waals surface area contributed by atoms with Gasteiger partial charge in [0.25, 0.3) is 0 Å². The standard InChI is InChI=1S/C16H20P2.6C15H9.2C6H16P2.6Au/c1-17(15-9-5-3-6-10-15)13-14-18(2)16-11-7-4-8-12-16;4*1-2-11-7-8-15-13(9-11)10-12-5-3-4-6-14(12)15;2*1-2-11-7-8-13-10-12-5-3-4-6-14(12)15(13)9-11;2*1-7(2)5-6-8(3)4;;;;;;/h3-12H,13-14H2,1-2H3;6*3-9H,10H2;2*5-6H2,1-4H3;;;;;;/q;6*-1;;;6*+1/p+6. The first-order valence-corrected chi connectivity index (χ1v) is 58.3. The van der Waals surface area contributed by atoms with Crippen LogP contribution in [-0.4, -0.2) is 104 Å². The van der Waals surface area contributed by atoms with Crippen molar-refractivity contribution in [3.8, 4) is 102 Å². The van der Waals surface area contributed by atoms with Gasteiger partial charge in [-0.05, 0) is 206 Å². The van der Waals surface area contributed by atoms with Crippen LogP contribution in [0, 0.1) is 74.1 Å². The summed E-state index contributed by atoms with van der Waals surface area (Å²) in [5, 5.41) is 3.15. The average Bonchev–Trinajstić information content (AvgIpc) is 1.68. The first kappa shape index (κ1) is 112. The van der Waals surface area contributed by atoms with Crippen LogP contribution in [0.15, 0.2) is 315 Å². The Labute approximate surface area is 880 Å². The molecule has 0 fully saturated rings. The van der Waals surface area contributed by atoms with Gasteiger partial charge in [0.2, 0.25) is 0 Å². The van der Waals surface area contributed by atoms with Gasteiger partial charge in [0.1, 0.15) is 0 Å². The summed E-state index contributed by atoms with van der Waals surface area (Å²) >= 11 is 0. The van der Waals surface area contributed by atoms with Gasteiger partial charge in [-0.15, -0.1) is 106 Å². The summed E-state index contributed by atoms with van der Waals surface area (Å²) in [5.74, 6) is 14.6. The fourth-order valence-corrected chi connectivity index (χ4v) is 29.5. The van der Waals surface area contributed by atoms with E-state index >= 15 is 0 Å². The van der Waals surface area contributed by atoms with E-state index in [4.69, 9.17) is 38.5 Å². The van der Waals surface area contributed by atoms with Crippen molar-refractivity contribution in [2.75, 3.05) is 104 Å². The van der Waals surface area contributed by atoms with E-state index in [0.29, 0.717) is 0 Å². The summed E-state index contributed by atoms with van der Waals surface area (Å²) in [6.45, 7) is 24.1. The van der Waals surface area contributed by atoms with Crippen LogP contribution >= 0.6 is 47.5 Å². The summed E-state index contributed by atoms with van der Waals surface area (Å²) in [5.41, 5.74) is 37.2. The molecule has 674 valence electrons. The molecule has 0 bridgehead atoms. The molecular weight excluding hydrogens is 2780 g/mol. The summed E-state index contributed by atoms with van der Waals surface area (Å²) in [4.78, 5) is 0. The molecule has 0 nitrogen and oxygen atoms in total. The first-order valence-electron chi connectivity index (χ1n) is 43.1. The molecule has 0 saturated carbocycles. The molecule has 0 amide bonds. The van der Waals surface area contributed by atoms with Gasteiger partial charge < -0.3 is 38.5 Å². The van der Waals surface area contributed by atoms with E-state index in [9.17, 15) is 0 Å². The van der Waals surface area contributed by atoms with Crippen molar-refractivity contribution in [1.29, 1.82) is 0 Å². The SMILES string of the molecule is C[PH+](C)CC[PH+](C)C.C[PH+](C)CC[PH+](C)C.C[PH+](CC[PH+](C)c1ccccc1)c1ccccc1.[Au+].[Au+].[Au+].[Au+].[Au+].[Au+].[C-]#Cc1ccc2c(c1)-c1ccccc1C2.[C-]#Cc1ccc2c(c1)-c1ccccc1C2.[C-]#Cc1ccc2c(c1)Cc1ccccc1-2.[C-]#Cc1ccc2c(c1)Cc1ccccc1-2.[C-]#Cc1ccc2c(c1)Cc1ccccc1-2.[C-]#Cc1ccc2c(c1)Cc1ccccc1-2. The van der Waals surface area contributed by atoms with Gasteiger partial charge in [-0.25, -0.2) is 0 Å². The third kappa shape index (κ3) is 31.5.